The van der Waals surface area contributed by atoms with Crippen LogP contribution in [0.2, 0.25) is 5.02 Å². The second kappa shape index (κ2) is 9.48. The first kappa shape index (κ1) is 23.8. The van der Waals surface area contributed by atoms with E-state index in [1.807, 2.05) is 13.0 Å². The van der Waals surface area contributed by atoms with Crippen molar-refractivity contribution in [2.45, 2.75) is 19.8 Å². The number of benzene rings is 2. The number of aromatic amines is 1. The molecule has 0 unspecified atom stereocenters. The molecule has 2 aromatic carbocycles. The molecule has 0 atom stereocenters. The number of carbonyl (C=O) groups excluding carboxylic acids is 1. The number of nitriles is 1. The van der Waals surface area contributed by atoms with Gasteiger partial charge in [0.25, 0.3) is 11.1 Å². The van der Waals surface area contributed by atoms with E-state index < -0.39 is 16.9 Å². The number of hydrogen-bond donors (Lipinski definition) is 2. The lowest BCUT2D eigenvalue weighted by Gasteiger charge is -2.13. The minimum atomic E-state index is -0.858. The van der Waals surface area contributed by atoms with Crippen LogP contribution in [-0.2, 0) is 4.79 Å². The van der Waals surface area contributed by atoms with Crippen molar-refractivity contribution >= 4 is 34.1 Å². The van der Waals surface area contributed by atoms with E-state index in [-0.39, 0.29) is 40.2 Å². The van der Waals surface area contributed by atoms with Crippen molar-refractivity contribution in [1.29, 1.82) is 5.26 Å². The van der Waals surface area contributed by atoms with Crippen LogP contribution in [0.5, 0.6) is 5.75 Å². The zero-order valence-corrected chi connectivity index (χ0v) is 19.4. The summed E-state index contributed by atoms with van der Waals surface area (Å²) in [6.07, 6.45) is 2.13. The summed E-state index contributed by atoms with van der Waals surface area (Å²) in [5, 5.41) is 14.8. The molecule has 0 aliphatic rings. The average Bonchev–Trinajstić information content (AvgIpc) is 3.15. The molecule has 9 nitrogen and oxygen atoms in total. The van der Waals surface area contributed by atoms with Gasteiger partial charge in [-0.1, -0.05) is 18.5 Å². The molecular weight excluding hydrogens is 477 g/mol. The fraction of sp³-hybridized carbons (Fsp3) is 0.167. The molecule has 0 saturated heterocycles. The molecule has 2 heterocycles. The van der Waals surface area contributed by atoms with Crippen molar-refractivity contribution < 1.29 is 13.9 Å². The summed E-state index contributed by atoms with van der Waals surface area (Å²) < 4.78 is 21.1. The molecule has 1 amide bonds. The predicted octanol–water partition coefficient (Wildman–Crippen LogP) is 3.88. The van der Waals surface area contributed by atoms with Gasteiger partial charge >= 0.3 is 0 Å². The van der Waals surface area contributed by atoms with Crippen LogP contribution in [0.15, 0.2) is 52.2 Å². The Bertz CT molecular complexity index is 1630. The molecule has 0 bridgehead atoms. The predicted molar refractivity (Wildman–Crippen MR) is 129 cm³/mol. The van der Waals surface area contributed by atoms with Gasteiger partial charge in [-0.25, -0.2) is 4.39 Å². The molecule has 35 heavy (non-hydrogen) atoms. The van der Waals surface area contributed by atoms with Gasteiger partial charge in [-0.3, -0.25) is 19.5 Å². The van der Waals surface area contributed by atoms with Crippen molar-refractivity contribution in [1.82, 2.24) is 14.6 Å². The van der Waals surface area contributed by atoms with E-state index in [0.29, 0.717) is 22.6 Å². The smallest absolute Gasteiger partial charge is 0.297 e. The lowest BCUT2D eigenvalue weighted by atomic mass is 10.0. The Morgan fingerprint density at radius 1 is 1.23 bits per heavy atom. The number of hydrogen-bond acceptors (Lipinski definition) is 5. The lowest BCUT2D eigenvalue weighted by molar-refractivity contribution is -0.116. The van der Waals surface area contributed by atoms with Crippen LogP contribution in [0.3, 0.4) is 0 Å². The van der Waals surface area contributed by atoms with Gasteiger partial charge in [-0.2, -0.15) is 9.94 Å². The van der Waals surface area contributed by atoms with Gasteiger partial charge in [0.1, 0.15) is 17.0 Å². The van der Waals surface area contributed by atoms with Gasteiger partial charge in [0.15, 0.2) is 0 Å². The van der Waals surface area contributed by atoms with E-state index in [1.54, 1.807) is 6.07 Å². The van der Waals surface area contributed by atoms with Crippen LogP contribution in [0.25, 0.3) is 22.0 Å². The standard InChI is InChI=1S/C24H19ClFN5O4/c1-3-4-21(32)28-15-8-18(26)23-19(9-15)29-31(24(23)34)30-12-20(35-2)17(10-22(30)33)16-7-14(25)6-5-13(16)11-27/h5-10,12,29H,3-4H2,1-2H3,(H,28,32). The summed E-state index contributed by atoms with van der Waals surface area (Å²) in [6, 6.07) is 10.3. The molecule has 0 fully saturated rings. The highest BCUT2D eigenvalue weighted by Gasteiger charge is 2.19. The molecule has 4 aromatic rings. The zero-order chi connectivity index (χ0) is 25.3. The van der Waals surface area contributed by atoms with Crippen molar-refractivity contribution in [3.05, 3.63) is 79.7 Å². The highest BCUT2D eigenvalue weighted by molar-refractivity contribution is 6.31. The topological polar surface area (TPSA) is 122 Å². The number of ether oxygens (including phenoxy) is 1. The molecule has 2 N–H and O–H groups in total. The quantitative estimate of drug-likeness (QED) is 0.420. The van der Waals surface area contributed by atoms with E-state index in [9.17, 15) is 24.0 Å². The number of H-pyrrole nitrogens is 1. The molecule has 0 radical (unpaired) electrons. The van der Waals surface area contributed by atoms with Crippen LogP contribution in [-0.4, -0.2) is 27.6 Å². The largest absolute Gasteiger partial charge is 0.494 e. The molecule has 0 aliphatic carbocycles. The summed E-state index contributed by atoms with van der Waals surface area (Å²) in [5.74, 6) is -0.979. The number of pyridine rings is 1. The van der Waals surface area contributed by atoms with E-state index >= 15 is 0 Å². The molecule has 4 rings (SSSR count). The van der Waals surface area contributed by atoms with E-state index in [0.717, 1.165) is 15.5 Å². The highest BCUT2D eigenvalue weighted by atomic mass is 35.5. The summed E-state index contributed by atoms with van der Waals surface area (Å²) in [4.78, 5) is 38.7. The van der Waals surface area contributed by atoms with Crippen molar-refractivity contribution in [3.63, 3.8) is 0 Å². The Hall–Kier alpha value is -4.36. The fourth-order valence-corrected chi connectivity index (χ4v) is 3.90. The first-order valence-electron chi connectivity index (χ1n) is 10.5. The van der Waals surface area contributed by atoms with E-state index in [4.69, 9.17) is 16.3 Å². The Labute approximate surface area is 202 Å². The third-order valence-corrected chi connectivity index (χ3v) is 5.54. The Kier molecular flexibility index (Phi) is 6.44. The van der Waals surface area contributed by atoms with Gasteiger partial charge in [0, 0.05) is 34.3 Å². The normalized spacial score (nSPS) is 10.8. The second-order valence-electron chi connectivity index (χ2n) is 7.65. The van der Waals surface area contributed by atoms with Crippen molar-refractivity contribution in [2.75, 3.05) is 12.4 Å². The molecule has 178 valence electrons. The second-order valence-corrected chi connectivity index (χ2v) is 8.08. The maximum Gasteiger partial charge on any atom is 0.297 e. The minimum Gasteiger partial charge on any atom is -0.494 e. The number of halogens is 2. The van der Waals surface area contributed by atoms with Gasteiger partial charge in [0.2, 0.25) is 5.91 Å². The number of nitrogens with one attached hydrogen (secondary N) is 2. The molecule has 0 saturated carbocycles. The highest BCUT2D eigenvalue weighted by Crippen LogP contribution is 2.32. The Morgan fingerprint density at radius 2 is 2.00 bits per heavy atom. The number of rotatable bonds is 6. The Morgan fingerprint density at radius 3 is 2.69 bits per heavy atom. The minimum absolute atomic E-state index is 0.0818. The fourth-order valence-electron chi connectivity index (χ4n) is 3.73. The Balaban J connectivity index is 1.87. The van der Waals surface area contributed by atoms with Crippen molar-refractivity contribution in [3.8, 4) is 22.9 Å². The van der Waals surface area contributed by atoms with Crippen LogP contribution < -0.4 is 21.2 Å². The number of aromatic nitrogens is 3. The SMILES string of the molecule is CCCC(=O)Nc1cc(F)c2c(=O)n(-n3cc(OC)c(-c4cc(Cl)ccc4C#N)cc3=O)[nH]c2c1. The molecular formula is C24H19ClFN5O4. The average molecular weight is 496 g/mol. The number of carbonyl (C=O) groups is 1. The maximum atomic E-state index is 14.8. The lowest BCUT2D eigenvalue weighted by Crippen LogP contribution is -2.33. The number of nitrogens with zero attached hydrogens (tertiary/aromatic N) is 3. The first-order chi connectivity index (χ1) is 16.8. The number of fused-ring (bicyclic) bond motifs is 1. The number of anilines is 1. The monoisotopic (exact) mass is 495 g/mol. The van der Waals surface area contributed by atoms with Crippen molar-refractivity contribution in [2.24, 2.45) is 0 Å². The van der Waals surface area contributed by atoms with Gasteiger partial charge in [-0.15, -0.1) is 4.79 Å². The molecule has 2 aromatic heterocycles. The van der Waals surface area contributed by atoms with Crippen LogP contribution in [0, 0.1) is 17.1 Å². The van der Waals surface area contributed by atoms with Crippen LogP contribution in [0.4, 0.5) is 10.1 Å². The van der Waals surface area contributed by atoms with Crippen LogP contribution >= 0.6 is 11.6 Å². The summed E-state index contributed by atoms with van der Waals surface area (Å²) >= 11 is 6.08. The molecule has 11 heteroatoms. The third kappa shape index (κ3) is 4.41. The van der Waals surface area contributed by atoms with Gasteiger partial charge in [-0.05, 0) is 36.8 Å². The van der Waals surface area contributed by atoms with Crippen LogP contribution in [0.1, 0.15) is 25.3 Å². The molecule has 0 spiro atoms. The zero-order valence-electron chi connectivity index (χ0n) is 18.7. The summed E-state index contributed by atoms with van der Waals surface area (Å²) in [5.41, 5.74) is -0.276. The number of amides is 1. The summed E-state index contributed by atoms with van der Waals surface area (Å²) in [7, 11) is 1.36. The maximum absolute atomic E-state index is 14.8. The molecule has 0 aliphatic heterocycles. The van der Waals surface area contributed by atoms with E-state index in [2.05, 4.69) is 10.4 Å². The third-order valence-electron chi connectivity index (χ3n) is 5.31. The van der Waals surface area contributed by atoms with E-state index in [1.165, 1.54) is 37.6 Å². The summed E-state index contributed by atoms with van der Waals surface area (Å²) in [6.45, 7) is 1.84. The number of methoxy groups -OCH3 is 1. The van der Waals surface area contributed by atoms with Gasteiger partial charge < -0.3 is 10.1 Å². The van der Waals surface area contributed by atoms with Gasteiger partial charge in [0.05, 0.1) is 30.5 Å². The first-order valence-corrected chi connectivity index (χ1v) is 10.9.